The molecule has 110 valence electrons. The third kappa shape index (κ3) is 3.48. The minimum Gasteiger partial charge on any atom is -0.484 e. The normalized spacial score (nSPS) is 10.3. The van der Waals surface area contributed by atoms with E-state index in [-0.39, 0.29) is 28.5 Å². The maximum absolute atomic E-state index is 13.7. The largest absolute Gasteiger partial charge is 0.484 e. The van der Waals surface area contributed by atoms with Crippen LogP contribution < -0.4 is 16.0 Å². The zero-order valence-electron chi connectivity index (χ0n) is 10.7. The van der Waals surface area contributed by atoms with Crippen LogP contribution in [0.1, 0.15) is 15.9 Å². The minimum absolute atomic E-state index is 0.0752. The summed E-state index contributed by atoms with van der Waals surface area (Å²) in [5.74, 6) is 3.02. The summed E-state index contributed by atoms with van der Waals surface area (Å²) in [6.45, 7) is -0.280. The van der Waals surface area contributed by atoms with Gasteiger partial charge in [0.05, 0.1) is 5.02 Å². The molecule has 2 rings (SSSR count). The van der Waals surface area contributed by atoms with Gasteiger partial charge in [0.15, 0.2) is 11.6 Å². The van der Waals surface area contributed by atoms with Crippen molar-refractivity contribution in [2.75, 3.05) is 0 Å². The summed E-state index contributed by atoms with van der Waals surface area (Å²) in [4.78, 5) is 11.4. The van der Waals surface area contributed by atoms with Gasteiger partial charge in [0.1, 0.15) is 12.4 Å². The van der Waals surface area contributed by atoms with Crippen molar-refractivity contribution < 1.29 is 18.3 Å². The van der Waals surface area contributed by atoms with Crippen LogP contribution in [0.5, 0.6) is 5.75 Å². The van der Waals surface area contributed by atoms with Crippen LogP contribution in [0.2, 0.25) is 5.02 Å². The van der Waals surface area contributed by atoms with Gasteiger partial charge in [-0.25, -0.2) is 14.6 Å². The molecule has 3 N–H and O–H groups in total. The summed E-state index contributed by atoms with van der Waals surface area (Å²) in [5.41, 5.74) is 2.18. The van der Waals surface area contributed by atoms with E-state index in [1.165, 1.54) is 30.3 Å². The van der Waals surface area contributed by atoms with Crippen LogP contribution >= 0.6 is 11.6 Å². The number of nitrogens with one attached hydrogen (secondary N) is 1. The lowest BCUT2D eigenvalue weighted by Crippen LogP contribution is -2.30. The fraction of sp³-hybridized carbons (Fsp3) is 0.0714. The molecule has 0 atom stereocenters. The molecule has 0 aromatic heterocycles. The molecule has 0 unspecified atom stereocenters. The van der Waals surface area contributed by atoms with Gasteiger partial charge in [-0.15, -0.1) is 0 Å². The van der Waals surface area contributed by atoms with Crippen molar-refractivity contribution in [2.45, 2.75) is 6.61 Å². The monoisotopic (exact) mass is 312 g/mol. The number of hydrazine groups is 1. The predicted molar refractivity (Wildman–Crippen MR) is 73.8 cm³/mol. The Morgan fingerprint density at radius 2 is 2.00 bits per heavy atom. The van der Waals surface area contributed by atoms with Crippen LogP contribution in [0.4, 0.5) is 8.78 Å². The Hall–Kier alpha value is -2.18. The average Bonchev–Trinajstić information content (AvgIpc) is 2.47. The number of amides is 1. The lowest BCUT2D eigenvalue weighted by atomic mass is 10.1. The molecular formula is C14H11ClF2N2O2. The number of carbonyl (C=O) groups is 1. The van der Waals surface area contributed by atoms with Crippen molar-refractivity contribution in [2.24, 2.45) is 5.84 Å². The third-order valence-corrected chi connectivity index (χ3v) is 3.03. The summed E-state index contributed by atoms with van der Waals surface area (Å²) < 4.78 is 32.4. The number of hydrogen-bond donors (Lipinski definition) is 2. The maximum atomic E-state index is 13.7. The molecule has 2 aromatic rings. The van der Waals surface area contributed by atoms with Crippen molar-refractivity contribution in [1.29, 1.82) is 0 Å². The number of halogens is 3. The molecule has 0 saturated carbocycles. The molecule has 0 aliphatic heterocycles. The van der Waals surface area contributed by atoms with Crippen LogP contribution in [0, 0.1) is 11.6 Å². The second kappa shape index (κ2) is 6.51. The summed E-state index contributed by atoms with van der Waals surface area (Å²) in [6.07, 6.45) is 0. The summed E-state index contributed by atoms with van der Waals surface area (Å²) in [7, 11) is 0. The van der Waals surface area contributed by atoms with Gasteiger partial charge in [-0.1, -0.05) is 17.7 Å². The molecule has 0 aliphatic carbocycles. The first-order valence-corrected chi connectivity index (χ1v) is 6.27. The van der Waals surface area contributed by atoms with E-state index in [1.54, 1.807) is 0 Å². The molecule has 0 fully saturated rings. The molecule has 0 bridgehead atoms. The van der Waals surface area contributed by atoms with Gasteiger partial charge in [0.25, 0.3) is 5.91 Å². The van der Waals surface area contributed by atoms with Gasteiger partial charge in [0, 0.05) is 11.1 Å². The summed E-state index contributed by atoms with van der Waals surface area (Å²) >= 11 is 5.80. The van der Waals surface area contributed by atoms with E-state index in [2.05, 4.69) is 0 Å². The molecule has 1 amide bonds. The van der Waals surface area contributed by atoms with Crippen LogP contribution in [-0.4, -0.2) is 5.91 Å². The molecule has 0 radical (unpaired) electrons. The van der Waals surface area contributed by atoms with Gasteiger partial charge in [-0.05, 0) is 30.3 Å². The predicted octanol–water partition coefficient (Wildman–Crippen LogP) is 2.80. The first kappa shape index (κ1) is 15.2. The lowest BCUT2D eigenvalue weighted by Gasteiger charge is -2.10. The first-order chi connectivity index (χ1) is 10.0. The van der Waals surface area contributed by atoms with Crippen LogP contribution in [0.25, 0.3) is 0 Å². The molecule has 4 nitrogen and oxygen atoms in total. The number of hydrogen-bond acceptors (Lipinski definition) is 3. The summed E-state index contributed by atoms with van der Waals surface area (Å²) in [6, 6.07) is 7.71. The number of rotatable bonds is 4. The van der Waals surface area contributed by atoms with Gasteiger partial charge >= 0.3 is 0 Å². The topological polar surface area (TPSA) is 64.3 Å². The van der Waals surface area contributed by atoms with Crippen LogP contribution in [-0.2, 0) is 6.61 Å². The number of benzene rings is 2. The molecule has 0 saturated heterocycles. The van der Waals surface area contributed by atoms with E-state index >= 15 is 0 Å². The standard InChI is InChI=1S/C14H11ClF2N2O2/c15-10-2-1-3-12(17)13(10)21-7-9-6-8(14(20)19-18)4-5-11(9)16/h1-6H,7,18H2,(H,19,20). The molecule has 0 spiro atoms. The zero-order chi connectivity index (χ0) is 15.4. The Labute approximate surface area is 124 Å². The number of ether oxygens (including phenoxy) is 1. The Balaban J connectivity index is 2.22. The van der Waals surface area contributed by atoms with E-state index in [1.807, 2.05) is 5.43 Å². The van der Waals surface area contributed by atoms with Crippen LogP contribution in [0.3, 0.4) is 0 Å². The van der Waals surface area contributed by atoms with E-state index in [9.17, 15) is 13.6 Å². The smallest absolute Gasteiger partial charge is 0.265 e. The Kier molecular flexibility index (Phi) is 4.72. The minimum atomic E-state index is -0.654. The lowest BCUT2D eigenvalue weighted by molar-refractivity contribution is 0.0953. The number of nitrogen functional groups attached to an aromatic ring is 1. The Bertz CT molecular complexity index is 660. The highest BCUT2D eigenvalue weighted by Gasteiger charge is 2.12. The second-order valence-corrected chi connectivity index (χ2v) is 4.53. The van der Waals surface area contributed by atoms with Gasteiger partial charge in [0.2, 0.25) is 0 Å². The van der Waals surface area contributed by atoms with Crippen molar-refractivity contribution in [1.82, 2.24) is 5.43 Å². The van der Waals surface area contributed by atoms with Crippen molar-refractivity contribution in [3.05, 3.63) is 64.2 Å². The fourth-order valence-corrected chi connectivity index (χ4v) is 1.90. The third-order valence-electron chi connectivity index (χ3n) is 2.73. The van der Waals surface area contributed by atoms with E-state index < -0.39 is 17.5 Å². The average molecular weight is 313 g/mol. The van der Waals surface area contributed by atoms with Gasteiger partial charge in [-0.2, -0.15) is 0 Å². The maximum Gasteiger partial charge on any atom is 0.265 e. The highest BCUT2D eigenvalue weighted by molar-refractivity contribution is 6.32. The second-order valence-electron chi connectivity index (χ2n) is 4.12. The molecule has 21 heavy (non-hydrogen) atoms. The number of carbonyl (C=O) groups excluding carboxylic acids is 1. The zero-order valence-corrected chi connectivity index (χ0v) is 11.5. The molecule has 0 aliphatic rings. The van der Waals surface area contributed by atoms with Gasteiger partial charge < -0.3 is 4.74 Å². The quantitative estimate of drug-likeness (QED) is 0.518. The molecule has 7 heteroatoms. The number of para-hydroxylation sites is 1. The molecule has 0 heterocycles. The van der Waals surface area contributed by atoms with Crippen molar-refractivity contribution in [3.8, 4) is 5.75 Å². The van der Waals surface area contributed by atoms with E-state index in [0.29, 0.717) is 0 Å². The highest BCUT2D eigenvalue weighted by atomic mass is 35.5. The molecular weight excluding hydrogens is 302 g/mol. The van der Waals surface area contributed by atoms with E-state index in [4.69, 9.17) is 22.2 Å². The Morgan fingerprint density at radius 3 is 2.67 bits per heavy atom. The molecule has 2 aromatic carbocycles. The fourth-order valence-electron chi connectivity index (χ4n) is 1.68. The van der Waals surface area contributed by atoms with Crippen molar-refractivity contribution >= 4 is 17.5 Å². The van der Waals surface area contributed by atoms with Crippen LogP contribution in [0.15, 0.2) is 36.4 Å². The van der Waals surface area contributed by atoms with E-state index in [0.717, 1.165) is 6.07 Å². The number of nitrogens with two attached hydrogens (primary N) is 1. The van der Waals surface area contributed by atoms with Gasteiger partial charge in [-0.3, -0.25) is 10.2 Å². The Morgan fingerprint density at radius 1 is 1.24 bits per heavy atom. The first-order valence-electron chi connectivity index (χ1n) is 5.89. The SMILES string of the molecule is NNC(=O)c1ccc(F)c(COc2c(F)cccc2Cl)c1. The highest BCUT2D eigenvalue weighted by Crippen LogP contribution is 2.28. The summed E-state index contributed by atoms with van der Waals surface area (Å²) in [5, 5.41) is 0.0752. The van der Waals surface area contributed by atoms with Crippen molar-refractivity contribution in [3.63, 3.8) is 0 Å².